The Labute approximate surface area is 108 Å². The van der Waals surface area contributed by atoms with Crippen molar-refractivity contribution in [3.8, 4) is 0 Å². The lowest BCUT2D eigenvalue weighted by Crippen LogP contribution is -2.14. The second-order valence-electron chi connectivity index (χ2n) is 3.50. The average Bonchev–Trinajstić information content (AvgIpc) is 2.32. The fourth-order valence-corrected chi connectivity index (χ4v) is 2.67. The number of sulfonamides is 1. The monoisotopic (exact) mass is 284 g/mol. The Balaban J connectivity index is 2.33. The van der Waals surface area contributed by atoms with E-state index in [1.807, 2.05) is 0 Å². The van der Waals surface area contributed by atoms with E-state index in [-0.39, 0.29) is 16.1 Å². The third-order valence-electron chi connectivity index (χ3n) is 2.14. The van der Waals surface area contributed by atoms with Crippen molar-refractivity contribution in [1.82, 2.24) is 4.98 Å². The predicted octanol–water partition coefficient (Wildman–Crippen LogP) is 1.83. The number of hydrogen-bond donors (Lipinski definition) is 2. The molecule has 2 N–H and O–H groups in total. The summed E-state index contributed by atoms with van der Waals surface area (Å²) in [5, 5.41) is 0.333. The van der Waals surface area contributed by atoms with Crippen LogP contribution in [-0.2, 0) is 10.0 Å². The molecule has 0 saturated carbocycles. The highest BCUT2D eigenvalue weighted by molar-refractivity contribution is 7.92. The van der Waals surface area contributed by atoms with Gasteiger partial charge in [-0.3, -0.25) is 9.52 Å². The van der Waals surface area contributed by atoms with Crippen molar-refractivity contribution in [2.45, 2.75) is 4.90 Å². The summed E-state index contributed by atoms with van der Waals surface area (Å²) < 4.78 is 26.3. The van der Waals surface area contributed by atoms with Gasteiger partial charge in [0.2, 0.25) is 5.56 Å². The number of anilines is 1. The molecule has 1 aromatic carbocycles. The number of pyridine rings is 1. The molecule has 18 heavy (non-hydrogen) atoms. The molecule has 2 aromatic rings. The molecule has 0 aliphatic rings. The number of hydrogen-bond acceptors (Lipinski definition) is 3. The summed E-state index contributed by atoms with van der Waals surface area (Å²) in [6, 6.07) is 8.51. The third kappa shape index (κ3) is 2.91. The molecular formula is C11H9ClN2O3S. The minimum absolute atomic E-state index is 0.0567. The van der Waals surface area contributed by atoms with Crippen LogP contribution in [0.2, 0.25) is 5.02 Å². The van der Waals surface area contributed by atoms with Gasteiger partial charge < -0.3 is 4.98 Å². The summed E-state index contributed by atoms with van der Waals surface area (Å²) in [5.41, 5.74) is -0.0321. The molecule has 94 valence electrons. The maximum atomic E-state index is 12.0. The topological polar surface area (TPSA) is 79.0 Å². The van der Waals surface area contributed by atoms with Crippen LogP contribution in [0.15, 0.2) is 52.3 Å². The highest BCUT2D eigenvalue weighted by Gasteiger charge is 2.14. The van der Waals surface area contributed by atoms with Gasteiger partial charge in [-0.1, -0.05) is 17.7 Å². The van der Waals surface area contributed by atoms with Gasteiger partial charge in [-0.05, 0) is 24.3 Å². The average molecular weight is 285 g/mol. The standard InChI is InChI=1S/C11H9ClN2O3S/c12-8-2-1-3-10(6-8)18(16,17)14-9-4-5-11(15)13-7-9/h1-7,14H,(H,13,15). The normalized spacial score (nSPS) is 11.2. The van der Waals surface area contributed by atoms with Gasteiger partial charge in [0.05, 0.1) is 10.6 Å². The van der Waals surface area contributed by atoms with Crippen molar-refractivity contribution in [2.75, 3.05) is 4.72 Å². The zero-order valence-corrected chi connectivity index (χ0v) is 10.6. The molecule has 0 fully saturated rings. The first-order valence-corrected chi connectivity index (χ1v) is 6.81. The smallest absolute Gasteiger partial charge is 0.261 e. The third-order valence-corrected chi connectivity index (χ3v) is 3.76. The molecule has 7 heteroatoms. The van der Waals surface area contributed by atoms with Crippen LogP contribution in [0.25, 0.3) is 0 Å². The molecule has 0 amide bonds. The van der Waals surface area contributed by atoms with Gasteiger partial charge in [0.15, 0.2) is 0 Å². The molecule has 0 bridgehead atoms. The van der Waals surface area contributed by atoms with Crippen LogP contribution in [-0.4, -0.2) is 13.4 Å². The Morgan fingerprint density at radius 1 is 1.17 bits per heavy atom. The number of aromatic amines is 1. The van der Waals surface area contributed by atoms with Crippen LogP contribution in [0, 0.1) is 0 Å². The van der Waals surface area contributed by atoms with E-state index in [0.29, 0.717) is 5.02 Å². The Hall–Kier alpha value is -1.79. The first-order chi connectivity index (χ1) is 8.47. The first-order valence-electron chi connectivity index (χ1n) is 4.94. The van der Waals surface area contributed by atoms with Gasteiger partial charge in [-0.2, -0.15) is 0 Å². The summed E-state index contributed by atoms with van der Waals surface area (Å²) in [6.45, 7) is 0. The first kappa shape index (κ1) is 12.7. The molecule has 0 spiro atoms. The molecule has 0 radical (unpaired) electrons. The van der Waals surface area contributed by atoms with Gasteiger partial charge in [-0.25, -0.2) is 8.42 Å². The molecule has 0 aliphatic heterocycles. The summed E-state index contributed by atoms with van der Waals surface area (Å²) >= 11 is 5.73. The van der Waals surface area contributed by atoms with Crippen molar-refractivity contribution in [3.05, 3.63) is 58.0 Å². The number of aromatic nitrogens is 1. The zero-order chi connectivity index (χ0) is 13.2. The maximum Gasteiger partial charge on any atom is 0.261 e. The minimum Gasteiger partial charge on any atom is -0.327 e. The molecule has 0 unspecified atom stereocenters. The SMILES string of the molecule is O=c1ccc(NS(=O)(=O)c2cccc(Cl)c2)c[nH]1. The van der Waals surface area contributed by atoms with Gasteiger partial charge in [0.1, 0.15) is 0 Å². The van der Waals surface area contributed by atoms with E-state index in [4.69, 9.17) is 11.6 Å². The predicted molar refractivity (Wildman–Crippen MR) is 69.3 cm³/mol. The van der Waals surface area contributed by atoms with E-state index in [9.17, 15) is 13.2 Å². The number of nitrogens with one attached hydrogen (secondary N) is 2. The lowest BCUT2D eigenvalue weighted by molar-refractivity contribution is 0.601. The summed E-state index contributed by atoms with van der Waals surface area (Å²) in [5.74, 6) is 0. The number of halogens is 1. The molecule has 5 nitrogen and oxygen atoms in total. The maximum absolute atomic E-state index is 12.0. The van der Waals surface area contributed by atoms with E-state index in [0.717, 1.165) is 0 Å². The molecule has 1 aromatic heterocycles. The Morgan fingerprint density at radius 2 is 1.94 bits per heavy atom. The number of rotatable bonds is 3. The van der Waals surface area contributed by atoms with Gasteiger partial charge in [0, 0.05) is 17.3 Å². The Kier molecular flexibility index (Phi) is 3.40. The van der Waals surface area contributed by atoms with E-state index < -0.39 is 10.0 Å². The van der Waals surface area contributed by atoms with Crippen LogP contribution in [0.1, 0.15) is 0 Å². The van der Waals surface area contributed by atoms with E-state index in [1.165, 1.54) is 30.5 Å². The van der Waals surface area contributed by atoms with Crippen molar-refractivity contribution in [3.63, 3.8) is 0 Å². The van der Waals surface area contributed by atoms with Crippen LogP contribution >= 0.6 is 11.6 Å². The molecule has 1 heterocycles. The van der Waals surface area contributed by atoms with Crippen molar-refractivity contribution in [1.29, 1.82) is 0 Å². The van der Waals surface area contributed by atoms with Crippen LogP contribution in [0.3, 0.4) is 0 Å². The molecule has 0 aliphatic carbocycles. The zero-order valence-electron chi connectivity index (χ0n) is 9.05. The van der Waals surface area contributed by atoms with Crippen LogP contribution in [0.5, 0.6) is 0 Å². The summed E-state index contributed by atoms with van der Waals surface area (Å²) in [6.07, 6.45) is 1.28. The largest absolute Gasteiger partial charge is 0.327 e. The summed E-state index contributed by atoms with van der Waals surface area (Å²) in [4.78, 5) is 13.3. The highest BCUT2D eigenvalue weighted by atomic mass is 35.5. The number of H-pyrrole nitrogens is 1. The van der Waals surface area contributed by atoms with Crippen LogP contribution in [0.4, 0.5) is 5.69 Å². The Morgan fingerprint density at radius 3 is 2.56 bits per heavy atom. The van der Waals surface area contributed by atoms with Crippen LogP contribution < -0.4 is 10.3 Å². The van der Waals surface area contributed by atoms with Crippen molar-refractivity contribution in [2.24, 2.45) is 0 Å². The number of benzene rings is 1. The minimum atomic E-state index is -3.71. The van der Waals surface area contributed by atoms with Crippen molar-refractivity contribution < 1.29 is 8.42 Å². The van der Waals surface area contributed by atoms with E-state index >= 15 is 0 Å². The van der Waals surface area contributed by atoms with E-state index in [2.05, 4.69) is 9.71 Å². The van der Waals surface area contributed by atoms with Gasteiger partial charge >= 0.3 is 0 Å². The lowest BCUT2D eigenvalue weighted by Gasteiger charge is -2.07. The fourth-order valence-electron chi connectivity index (χ4n) is 1.32. The highest BCUT2D eigenvalue weighted by Crippen LogP contribution is 2.18. The lowest BCUT2D eigenvalue weighted by atomic mass is 10.4. The summed E-state index contributed by atoms with van der Waals surface area (Å²) in [7, 11) is -3.71. The molecular weight excluding hydrogens is 276 g/mol. The fraction of sp³-hybridized carbons (Fsp3) is 0. The van der Waals surface area contributed by atoms with E-state index in [1.54, 1.807) is 12.1 Å². The molecule has 0 atom stereocenters. The van der Waals surface area contributed by atoms with Gasteiger partial charge in [-0.15, -0.1) is 0 Å². The quantitative estimate of drug-likeness (QED) is 0.902. The second-order valence-corrected chi connectivity index (χ2v) is 5.62. The second kappa shape index (κ2) is 4.83. The molecule has 0 saturated heterocycles. The van der Waals surface area contributed by atoms with Gasteiger partial charge in [0.25, 0.3) is 10.0 Å². The Bertz CT molecular complexity index is 705. The molecule has 2 rings (SSSR count). The van der Waals surface area contributed by atoms with Crippen molar-refractivity contribution >= 4 is 27.3 Å².